The molecule has 0 radical (unpaired) electrons. The number of rotatable bonds is 5. The predicted octanol–water partition coefficient (Wildman–Crippen LogP) is 3.50. The first-order valence-electron chi connectivity index (χ1n) is 6.28. The molecule has 0 aliphatic rings. The van der Waals surface area contributed by atoms with Crippen molar-refractivity contribution in [1.29, 1.82) is 0 Å². The van der Waals surface area contributed by atoms with Crippen LogP contribution in [0.3, 0.4) is 0 Å². The number of carbonyl (C=O) groups excluding carboxylic acids is 1. The van der Waals surface area contributed by atoms with E-state index in [0.29, 0.717) is 16.5 Å². The van der Waals surface area contributed by atoms with Gasteiger partial charge >= 0.3 is 0 Å². The first-order chi connectivity index (χ1) is 9.56. The van der Waals surface area contributed by atoms with Gasteiger partial charge in [0, 0.05) is 0 Å². The molecule has 2 rings (SSSR count). The molecule has 0 aliphatic heterocycles. The van der Waals surface area contributed by atoms with E-state index in [9.17, 15) is 4.79 Å². The lowest BCUT2D eigenvalue weighted by Gasteiger charge is -2.13. The second kappa shape index (κ2) is 6.48. The number of halogens is 1. The summed E-state index contributed by atoms with van der Waals surface area (Å²) in [5.41, 5.74) is 1.02. The molecule has 1 N–H and O–H groups in total. The van der Waals surface area contributed by atoms with Crippen LogP contribution in [0.1, 0.15) is 24.3 Å². The van der Waals surface area contributed by atoms with Crippen molar-refractivity contribution in [3.8, 4) is 5.75 Å². The van der Waals surface area contributed by atoms with Gasteiger partial charge in [0.2, 0.25) is 0 Å². The molecule has 0 saturated heterocycles. The lowest BCUT2D eigenvalue weighted by Crippen LogP contribution is -2.31. The van der Waals surface area contributed by atoms with E-state index in [0.717, 1.165) is 5.56 Å². The minimum atomic E-state index is -0.230. The minimum Gasteiger partial charge on any atom is -0.482 e. The summed E-state index contributed by atoms with van der Waals surface area (Å²) in [6, 6.07) is 8.81. The third-order valence-electron chi connectivity index (χ3n) is 2.79. The Labute approximate surface area is 122 Å². The van der Waals surface area contributed by atoms with Gasteiger partial charge in [0.05, 0.1) is 17.3 Å². The first kappa shape index (κ1) is 14.5. The highest BCUT2D eigenvalue weighted by Gasteiger charge is 2.12. The molecular formula is C15H16ClNO3. The topological polar surface area (TPSA) is 51.5 Å². The fourth-order valence-electron chi connectivity index (χ4n) is 1.76. The van der Waals surface area contributed by atoms with Crippen molar-refractivity contribution in [1.82, 2.24) is 5.32 Å². The zero-order valence-electron chi connectivity index (χ0n) is 11.4. The van der Waals surface area contributed by atoms with Crippen LogP contribution in [-0.2, 0) is 4.79 Å². The Morgan fingerprint density at radius 3 is 2.95 bits per heavy atom. The van der Waals surface area contributed by atoms with E-state index in [-0.39, 0.29) is 18.6 Å². The molecule has 2 aromatic rings. The Hall–Kier alpha value is -1.94. The molecule has 4 nitrogen and oxygen atoms in total. The van der Waals surface area contributed by atoms with Crippen molar-refractivity contribution in [3.63, 3.8) is 0 Å². The highest BCUT2D eigenvalue weighted by atomic mass is 35.5. The van der Waals surface area contributed by atoms with Crippen LogP contribution in [-0.4, -0.2) is 12.5 Å². The maximum Gasteiger partial charge on any atom is 0.258 e. The summed E-state index contributed by atoms with van der Waals surface area (Å²) in [5.74, 6) is 0.978. The Morgan fingerprint density at radius 1 is 1.45 bits per heavy atom. The first-order valence-corrected chi connectivity index (χ1v) is 6.66. The number of benzene rings is 1. The van der Waals surface area contributed by atoms with Gasteiger partial charge < -0.3 is 14.5 Å². The zero-order chi connectivity index (χ0) is 14.5. The number of nitrogens with one attached hydrogen (secondary N) is 1. The number of furan rings is 1. The molecule has 0 aliphatic carbocycles. The molecule has 20 heavy (non-hydrogen) atoms. The van der Waals surface area contributed by atoms with Gasteiger partial charge in [-0.3, -0.25) is 4.79 Å². The monoisotopic (exact) mass is 293 g/mol. The molecule has 1 heterocycles. The third-order valence-corrected chi connectivity index (χ3v) is 3.11. The van der Waals surface area contributed by atoms with Crippen LogP contribution in [0.2, 0.25) is 5.02 Å². The Kier molecular flexibility index (Phi) is 4.69. The Bertz CT molecular complexity index is 581. The van der Waals surface area contributed by atoms with E-state index >= 15 is 0 Å². The van der Waals surface area contributed by atoms with Crippen LogP contribution >= 0.6 is 11.6 Å². The van der Waals surface area contributed by atoms with E-state index in [4.69, 9.17) is 20.8 Å². The third kappa shape index (κ3) is 3.78. The maximum atomic E-state index is 11.8. The largest absolute Gasteiger partial charge is 0.482 e. The second-order valence-electron chi connectivity index (χ2n) is 4.53. The molecule has 1 atom stereocenters. The molecule has 106 valence electrons. The highest BCUT2D eigenvalue weighted by molar-refractivity contribution is 6.32. The fourth-order valence-corrected chi connectivity index (χ4v) is 1.93. The minimum absolute atomic E-state index is 0.0891. The van der Waals surface area contributed by atoms with Crippen molar-refractivity contribution in [2.24, 2.45) is 0 Å². The molecule has 1 aromatic heterocycles. The number of hydrogen-bond donors (Lipinski definition) is 1. The Morgan fingerprint density at radius 2 is 2.25 bits per heavy atom. The predicted molar refractivity (Wildman–Crippen MR) is 76.9 cm³/mol. The fraction of sp³-hybridized carbons (Fsp3) is 0.267. The van der Waals surface area contributed by atoms with E-state index in [1.54, 1.807) is 24.5 Å². The number of hydrogen-bond acceptors (Lipinski definition) is 3. The summed E-state index contributed by atoms with van der Waals surface area (Å²) in [5, 5.41) is 3.27. The van der Waals surface area contributed by atoms with Gasteiger partial charge in [-0.05, 0) is 43.7 Å². The molecular weight excluding hydrogens is 278 g/mol. The van der Waals surface area contributed by atoms with E-state index in [1.165, 1.54) is 0 Å². The average molecular weight is 294 g/mol. The van der Waals surface area contributed by atoms with Crippen LogP contribution in [0, 0.1) is 6.92 Å². The number of amides is 1. The van der Waals surface area contributed by atoms with Gasteiger partial charge in [-0.2, -0.15) is 0 Å². The summed E-state index contributed by atoms with van der Waals surface area (Å²) in [6.07, 6.45) is 1.57. The highest BCUT2D eigenvalue weighted by Crippen LogP contribution is 2.25. The molecule has 0 saturated carbocycles. The van der Waals surface area contributed by atoms with Gasteiger partial charge in [0.15, 0.2) is 6.61 Å². The van der Waals surface area contributed by atoms with E-state index < -0.39 is 0 Å². The molecule has 0 bridgehead atoms. The van der Waals surface area contributed by atoms with Gasteiger partial charge in [0.1, 0.15) is 11.5 Å². The summed E-state index contributed by atoms with van der Waals surface area (Å²) < 4.78 is 10.6. The van der Waals surface area contributed by atoms with Crippen LogP contribution in [0.15, 0.2) is 41.0 Å². The summed E-state index contributed by atoms with van der Waals surface area (Å²) >= 11 is 5.99. The normalized spacial score (nSPS) is 11.9. The van der Waals surface area contributed by atoms with Gasteiger partial charge in [-0.1, -0.05) is 17.7 Å². The lowest BCUT2D eigenvalue weighted by molar-refractivity contribution is -0.123. The van der Waals surface area contributed by atoms with E-state index in [1.807, 2.05) is 26.0 Å². The second-order valence-corrected chi connectivity index (χ2v) is 4.93. The lowest BCUT2D eigenvalue weighted by atomic mass is 10.2. The summed E-state index contributed by atoms with van der Waals surface area (Å²) in [7, 11) is 0. The molecule has 1 amide bonds. The van der Waals surface area contributed by atoms with Crippen LogP contribution in [0.4, 0.5) is 0 Å². The van der Waals surface area contributed by atoms with Crippen LogP contribution in [0.5, 0.6) is 5.75 Å². The van der Waals surface area contributed by atoms with E-state index in [2.05, 4.69) is 5.32 Å². The van der Waals surface area contributed by atoms with Crippen molar-refractivity contribution in [2.45, 2.75) is 19.9 Å². The Balaban J connectivity index is 1.87. The number of aryl methyl sites for hydroxylation is 1. The van der Waals surface area contributed by atoms with Crippen molar-refractivity contribution >= 4 is 17.5 Å². The zero-order valence-corrected chi connectivity index (χ0v) is 12.1. The average Bonchev–Trinajstić information content (AvgIpc) is 2.94. The number of ether oxygens (including phenoxy) is 1. The van der Waals surface area contributed by atoms with Gasteiger partial charge in [-0.15, -0.1) is 0 Å². The SMILES string of the molecule is Cc1ccc(Cl)c(OCC(=O)NC(C)c2ccco2)c1. The molecule has 0 fully saturated rings. The maximum absolute atomic E-state index is 11.8. The quantitative estimate of drug-likeness (QED) is 0.918. The van der Waals surface area contributed by atoms with Crippen molar-refractivity contribution in [3.05, 3.63) is 52.9 Å². The summed E-state index contributed by atoms with van der Waals surface area (Å²) in [4.78, 5) is 11.8. The molecule has 1 aromatic carbocycles. The van der Waals surface area contributed by atoms with Crippen molar-refractivity contribution < 1.29 is 13.9 Å². The van der Waals surface area contributed by atoms with Gasteiger partial charge in [0.25, 0.3) is 5.91 Å². The smallest absolute Gasteiger partial charge is 0.258 e. The number of carbonyl (C=O) groups is 1. The van der Waals surface area contributed by atoms with Gasteiger partial charge in [-0.25, -0.2) is 0 Å². The molecule has 0 spiro atoms. The summed E-state index contributed by atoms with van der Waals surface area (Å²) in [6.45, 7) is 3.69. The molecule has 5 heteroatoms. The standard InChI is InChI=1S/C15H16ClNO3/c1-10-5-6-12(16)14(8-10)20-9-15(18)17-11(2)13-4-3-7-19-13/h3-8,11H,9H2,1-2H3,(H,17,18). The van der Waals surface area contributed by atoms with Crippen LogP contribution in [0.25, 0.3) is 0 Å². The van der Waals surface area contributed by atoms with Crippen LogP contribution < -0.4 is 10.1 Å². The van der Waals surface area contributed by atoms with Crippen molar-refractivity contribution in [2.75, 3.05) is 6.61 Å². The molecule has 1 unspecified atom stereocenters.